The normalized spacial score (nSPS) is 24.9. The van der Waals surface area contributed by atoms with Crippen molar-refractivity contribution in [2.24, 2.45) is 0 Å². The van der Waals surface area contributed by atoms with Crippen LogP contribution in [0.3, 0.4) is 0 Å². The Morgan fingerprint density at radius 3 is 2.67 bits per heavy atom. The number of hydrogen-bond donors (Lipinski definition) is 1. The lowest BCUT2D eigenvalue weighted by atomic mass is 10.00. The maximum Gasteiger partial charge on any atom is 0.338 e. The molecular weight excluding hydrogens is 530 g/mol. The fraction of sp³-hybridized carbons (Fsp3) is 0.280. The van der Waals surface area contributed by atoms with E-state index >= 15 is 0 Å². The van der Waals surface area contributed by atoms with Crippen molar-refractivity contribution in [2.75, 3.05) is 18.9 Å². The predicted octanol–water partition coefficient (Wildman–Crippen LogP) is 3.28. The van der Waals surface area contributed by atoms with E-state index in [0.29, 0.717) is 33.6 Å². The van der Waals surface area contributed by atoms with Crippen LogP contribution < -0.4 is 5.73 Å². The van der Waals surface area contributed by atoms with Gasteiger partial charge in [0.1, 0.15) is 35.6 Å². The molecule has 2 aromatic heterocycles. The van der Waals surface area contributed by atoms with E-state index in [1.165, 1.54) is 6.33 Å². The average Bonchev–Trinajstić information content (AvgIpc) is 3.54. The zero-order valence-corrected chi connectivity index (χ0v) is 20.6. The number of rotatable bonds is 7. The van der Waals surface area contributed by atoms with Crippen LogP contribution in [0.5, 0.6) is 0 Å². The van der Waals surface area contributed by atoms with Gasteiger partial charge in [-0.2, -0.15) is 5.10 Å². The highest BCUT2D eigenvalue weighted by molar-refractivity contribution is 9.10. The van der Waals surface area contributed by atoms with Gasteiger partial charge in [0.25, 0.3) is 0 Å². The minimum Gasteiger partial charge on any atom is -0.459 e. The van der Waals surface area contributed by atoms with E-state index in [9.17, 15) is 4.79 Å². The molecule has 4 heterocycles. The monoisotopic (exact) mass is 551 g/mol. The molecule has 10 nitrogen and oxygen atoms in total. The SMILES string of the molecule is Nc1ncnc2c1c(Br)nn2[C@@H]1O[C@@]2(COC(=O)c3ccccc3)COC1C2OCc1ccccc1. The summed E-state index contributed by atoms with van der Waals surface area (Å²) < 4.78 is 26.9. The van der Waals surface area contributed by atoms with Crippen molar-refractivity contribution in [1.82, 2.24) is 19.7 Å². The molecule has 0 spiro atoms. The number of esters is 1. The molecule has 0 saturated carbocycles. The van der Waals surface area contributed by atoms with Gasteiger partial charge in [-0.15, -0.1) is 0 Å². The Hall–Kier alpha value is -3.38. The molecule has 0 aliphatic carbocycles. The first-order valence-corrected chi connectivity index (χ1v) is 12.2. The lowest BCUT2D eigenvalue weighted by Gasteiger charge is -2.30. The summed E-state index contributed by atoms with van der Waals surface area (Å²) in [7, 11) is 0. The molecule has 2 N–H and O–H groups in total. The zero-order valence-electron chi connectivity index (χ0n) is 19.0. The number of ether oxygens (including phenoxy) is 4. The average molecular weight is 552 g/mol. The van der Waals surface area contributed by atoms with Gasteiger partial charge in [0.05, 0.1) is 24.2 Å². The summed E-state index contributed by atoms with van der Waals surface area (Å²) in [6.45, 7) is 0.492. The first-order chi connectivity index (χ1) is 17.6. The van der Waals surface area contributed by atoms with Gasteiger partial charge < -0.3 is 24.7 Å². The van der Waals surface area contributed by atoms with E-state index in [1.807, 2.05) is 36.4 Å². The van der Waals surface area contributed by atoms with Crippen LogP contribution in [-0.4, -0.2) is 56.7 Å². The summed E-state index contributed by atoms with van der Waals surface area (Å²) in [6.07, 6.45) is -0.353. The van der Waals surface area contributed by atoms with Crippen molar-refractivity contribution < 1.29 is 23.7 Å². The fourth-order valence-electron chi connectivity index (χ4n) is 4.68. The number of nitrogens with zero attached hydrogens (tertiary/aromatic N) is 4. The van der Waals surface area contributed by atoms with Crippen LogP contribution in [-0.2, 0) is 25.6 Å². The van der Waals surface area contributed by atoms with Gasteiger partial charge in [0.2, 0.25) is 0 Å². The number of hydrogen-bond acceptors (Lipinski definition) is 9. The second kappa shape index (κ2) is 9.25. The van der Waals surface area contributed by atoms with Gasteiger partial charge >= 0.3 is 5.97 Å². The summed E-state index contributed by atoms with van der Waals surface area (Å²) in [5.74, 6) is -0.152. The largest absolute Gasteiger partial charge is 0.459 e. The third kappa shape index (κ3) is 3.94. The van der Waals surface area contributed by atoms with Crippen molar-refractivity contribution in [3.63, 3.8) is 0 Å². The number of benzene rings is 2. The van der Waals surface area contributed by atoms with Gasteiger partial charge in [-0.25, -0.2) is 19.4 Å². The first kappa shape index (κ1) is 23.0. The van der Waals surface area contributed by atoms with Gasteiger partial charge in [0, 0.05) is 0 Å². The molecule has 6 rings (SSSR count). The lowest BCUT2D eigenvalue weighted by molar-refractivity contribution is -0.190. The van der Waals surface area contributed by atoms with E-state index in [1.54, 1.807) is 28.9 Å². The van der Waals surface area contributed by atoms with E-state index in [0.717, 1.165) is 5.56 Å². The van der Waals surface area contributed by atoms with Crippen molar-refractivity contribution in [1.29, 1.82) is 0 Å². The van der Waals surface area contributed by atoms with E-state index < -0.39 is 30.0 Å². The van der Waals surface area contributed by atoms with Gasteiger partial charge in [-0.3, -0.25) is 0 Å². The van der Waals surface area contributed by atoms with E-state index in [4.69, 9.17) is 24.7 Å². The highest BCUT2D eigenvalue weighted by Crippen LogP contribution is 2.48. The van der Waals surface area contributed by atoms with Crippen LogP contribution in [0.15, 0.2) is 71.6 Å². The van der Waals surface area contributed by atoms with Gasteiger partial charge in [-0.05, 0) is 33.6 Å². The quantitative estimate of drug-likeness (QED) is 0.344. The third-order valence-corrected chi connectivity index (χ3v) is 6.97. The number of fused-ring (bicyclic) bond motifs is 3. The van der Waals surface area contributed by atoms with E-state index in [-0.39, 0.29) is 13.2 Å². The topological polar surface area (TPSA) is 124 Å². The second-order valence-electron chi connectivity index (χ2n) is 8.70. The van der Waals surface area contributed by atoms with Crippen LogP contribution in [0.1, 0.15) is 22.1 Å². The number of aromatic nitrogens is 4. The molecule has 2 aromatic carbocycles. The number of halogens is 1. The molecule has 4 aromatic rings. The molecule has 11 heteroatoms. The lowest BCUT2D eigenvalue weighted by Crippen LogP contribution is -2.46. The number of carbonyl (C=O) groups is 1. The summed E-state index contributed by atoms with van der Waals surface area (Å²) in [6, 6.07) is 18.6. The van der Waals surface area contributed by atoms with Crippen molar-refractivity contribution >= 4 is 38.8 Å². The standard InChI is InChI=1S/C25H22BrN5O5/c26-20-17-21(27)28-14-29-22(17)31(30-20)23-18-19(33-11-15-7-3-1-4-8-15)25(36-23,12-34-18)13-35-24(32)16-9-5-2-6-10-16/h1-10,14,18-19,23H,11-13H2,(H2,27,28,29)/t18?,19?,23-,25-/m1/s1. The molecule has 2 bridgehead atoms. The Bertz CT molecular complexity index is 1400. The molecule has 184 valence electrons. The third-order valence-electron chi connectivity index (χ3n) is 6.42. The second-order valence-corrected chi connectivity index (χ2v) is 9.45. The Balaban J connectivity index is 1.31. The smallest absolute Gasteiger partial charge is 0.338 e. The molecular formula is C25H22BrN5O5. The molecule has 0 amide bonds. The molecule has 0 radical (unpaired) electrons. The summed E-state index contributed by atoms with van der Waals surface area (Å²) >= 11 is 3.45. The number of nitrogens with two attached hydrogens (primary N) is 1. The number of carbonyl (C=O) groups excluding carboxylic acids is 1. The minimum absolute atomic E-state index is 0.0509. The minimum atomic E-state index is -1.03. The Morgan fingerprint density at radius 2 is 1.89 bits per heavy atom. The molecule has 2 saturated heterocycles. The Morgan fingerprint density at radius 1 is 1.14 bits per heavy atom. The predicted molar refractivity (Wildman–Crippen MR) is 132 cm³/mol. The van der Waals surface area contributed by atoms with Crippen molar-refractivity contribution in [3.05, 3.63) is 82.7 Å². The number of anilines is 1. The molecule has 2 unspecified atom stereocenters. The number of nitrogen functional groups attached to an aromatic ring is 1. The Labute approximate surface area is 214 Å². The molecule has 2 aliphatic heterocycles. The first-order valence-electron chi connectivity index (χ1n) is 11.4. The molecule has 2 fully saturated rings. The van der Waals surface area contributed by atoms with Crippen LogP contribution in [0, 0.1) is 0 Å². The summed E-state index contributed by atoms with van der Waals surface area (Å²) in [5, 5.41) is 5.14. The highest BCUT2D eigenvalue weighted by Gasteiger charge is 2.64. The van der Waals surface area contributed by atoms with Crippen molar-refractivity contribution in [2.45, 2.75) is 30.6 Å². The van der Waals surface area contributed by atoms with Crippen LogP contribution in [0.2, 0.25) is 0 Å². The van der Waals surface area contributed by atoms with Crippen LogP contribution in [0.25, 0.3) is 11.0 Å². The maximum atomic E-state index is 12.7. The molecule has 2 aliphatic rings. The highest BCUT2D eigenvalue weighted by atomic mass is 79.9. The van der Waals surface area contributed by atoms with Crippen LogP contribution in [0.4, 0.5) is 5.82 Å². The molecule has 36 heavy (non-hydrogen) atoms. The summed E-state index contributed by atoms with van der Waals surface area (Å²) in [5.41, 5.74) is 6.98. The molecule has 4 atom stereocenters. The zero-order chi connectivity index (χ0) is 24.7. The van der Waals surface area contributed by atoms with Crippen molar-refractivity contribution in [3.8, 4) is 0 Å². The van der Waals surface area contributed by atoms with Gasteiger partial charge in [-0.1, -0.05) is 48.5 Å². The fourth-order valence-corrected chi connectivity index (χ4v) is 5.23. The van der Waals surface area contributed by atoms with Crippen LogP contribution >= 0.6 is 15.9 Å². The van der Waals surface area contributed by atoms with E-state index in [2.05, 4.69) is 31.0 Å². The van der Waals surface area contributed by atoms with Gasteiger partial charge in [0.15, 0.2) is 17.5 Å². The maximum absolute atomic E-state index is 12.7. The Kier molecular flexibility index (Phi) is 5.92. The summed E-state index contributed by atoms with van der Waals surface area (Å²) in [4.78, 5) is 21.1.